The first-order valence-corrected chi connectivity index (χ1v) is 10.0. The SMILES string of the molecule is Cc1cc2c(c(-c3ccccc3)c1)[C@@]1(OC2)[C@@H](CO)O[C@@H](n2ccc(=O)[nH]c2=O)[C@@H]1O. The number of hydrogen-bond donors (Lipinski definition) is 3. The highest BCUT2D eigenvalue weighted by Gasteiger charge is 2.62. The van der Waals surface area contributed by atoms with Gasteiger partial charge in [0.15, 0.2) is 11.8 Å². The zero-order valence-corrected chi connectivity index (χ0v) is 16.8. The second kappa shape index (κ2) is 7.28. The van der Waals surface area contributed by atoms with Gasteiger partial charge in [0.2, 0.25) is 0 Å². The van der Waals surface area contributed by atoms with Crippen LogP contribution in [0.1, 0.15) is 22.9 Å². The molecule has 2 aliphatic heterocycles. The molecule has 0 amide bonds. The highest BCUT2D eigenvalue weighted by molar-refractivity contribution is 5.72. The standard InChI is InChI=1S/C23H22N2O6/c1-13-9-15-12-30-23(19(15)16(10-13)14-5-3-2-4-6-14)17(11-26)31-21(20(23)28)25-8-7-18(27)24-22(25)29/h2-10,17,20-21,26,28H,11-12H2,1H3,(H,24,27,29)/t17-,20+,21-,23+/m1/s1. The van der Waals surface area contributed by atoms with Crippen LogP contribution in [0.25, 0.3) is 11.1 Å². The second-order valence-electron chi connectivity index (χ2n) is 7.95. The molecule has 1 saturated heterocycles. The number of ether oxygens (including phenoxy) is 2. The number of H-pyrrole nitrogens is 1. The highest BCUT2D eigenvalue weighted by atomic mass is 16.6. The quantitative estimate of drug-likeness (QED) is 0.584. The Labute approximate surface area is 177 Å². The number of aromatic nitrogens is 2. The summed E-state index contributed by atoms with van der Waals surface area (Å²) in [5.74, 6) is 0. The summed E-state index contributed by atoms with van der Waals surface area (Å²) in [5, 5.41) is 21.6. The molecule has 1 spiro atoms. The lowest BCUT2D eigenvalue weighted by molar-refractivity contribution is -0.134. The van der Waals surface area contributed by atoms with E-state index < -0.39 is 41.9 Å². The molecule has 2 aliphatic rings. The summed E-state index contributed by atoms with van der Waals surface area (Å²) in [6.45, 7) is 1.81. The molecule has 0 saturated carbocycles. The van der Waals surface area contributed by atoms with E-state index in [1.54, 1.807) is 0 Å². The van der Waals surface area contributed by atoms with Crippen molar-refractivity contribution in [3.63, 3.8) is 0 Å². The Bertz CT molecular complexity index is 1250. The van der Waals surface area contributed by atoms with E-state index in [1.807, 2.05) is 49.4 Å². The van der Waals surface area contributed by atoms with Gasteiger partial charge in [-0.3, -0.25) is 14.3 Å². The number of fused-ring (bicyclic) bond motifs is 2. The van der Waals surface area contributed by atoms with Crippen molar-refractivity contribution in [2.75, 3.05) is 6.61 Å². The van der Waals surface area contributed by atoms with Gasteiger partial charge in [-0.05, 0) is 23.6 Å². The number of aliphatic hydroxyl groups excluding tert-OH is 2. The minimum Gasteiger partial charge on any atom is -0.394 e. The average Bonchev–Trinajstić information content (AvgIpc) is 3.27. The van der Waals surface area contributed by atoms with Crippen molar-refractivity contribution in [2.45, 2.75) is 37.6 Å². The third-order valence-electron chi connectivity index (χ3n) is 6.09. The topological polar surface area (TPSA) is 114 Å². The molecular weight excluding hydrogens is 400 g/mol. The zero-order valence-electron chi connectivity index (χ0n) is 16.8. The minimum atomic E-state index is -1.37. The van der Waals surface area contributed by atoms with Crippen LogP contribution >= 0.6 is 0 Å². The van der Waals surface area contributed by atoms with E-state index in [1.165, 1.54) is 12.3 Å². The van der Waals surface area contributed by atoms with Gasteiger partial charge >= 0.3 is 5.69 Å². The Morgan fingerprint density at radius 1 is 1.19 bits per heavy atom. The maximum absolute atomic E-state index is 12.4. The second-order valence-corrected chi connectivity index (χ2v) is 7.95. The van der Waals surface area contributed by atoms with Crippen molar-refractivity contribution in [3.05, 3.63) is 92.3 Å². The molecule has 8 heteroatoms. The van der Waals surface area contributed by atoms with Gasteiger partial charge in [-0.15, -0.1) is 0 Å². The maximum Gasteiger partial charge on any atom is 0.330 e. The van der Waals surface area contributed by atoms with Gasteiger partial charge in [-0.1, -0.05) is 48.0 Å². The molecule has 1 fully saturated rings. The number of benzene rings is 2. The lowest BCUT2D eigenvalue weighted by Crippen LogP contribution is -2.47. The lowest BCUT2D eigenvalue weighted by Gasteiger charge is -2.33. The number of hydrogen-bond acceptors (Lipinski definition) is 6. The van der Waals surface area contributed by atoms with E-state index in [0.29, 0.717) is 0 Å². The van der Waals surface area contributed by atoms with Crippen LogP contribution in [0.5, 0.6) is 0 Å². The average molecular weight is 422 g/mol. The van der Waals surface area contributed by atoms with Crippen molar-refractivity contribution >= 4 is 0 Å². The molecule has 1 aromatic heterocycles. The summed E-state index contributed by atoms with van der Waals surface area (Å²) in [4.78, 5) is 26.0. The largest absolute Gasteiger partial charge is 0.394 e. The molecule has 2 aromatic carbocycles. The van der Waals surface area contributed by atoms with Gasteiger partial charge in [-0.2, -0.15) is 0 Å². The first-order chi connectivity index (χ1) is 15.0. The van der Waals surface area contributed by atoms with Crippen LogP contribution in [-0.2, 0) is 21.7 Å². The number of rotatable bonds is 3. The normalized spacial score (nSPS) is 27.0. The van der Waals surface area contributed by atoms with E-state index in [0.717, 1.165) is 32.4 Å². The first-order valence-electron chi connectivity index (χ1n) is 10.0. The van der Waals surface area contributed by atoms with Gasteiger partial charge in [0, 0.05) is 17.8 Å². The summed E-state index contributed by atoms with van der Waals surface area (Å²) in [6.07, 6.45) is -2.10. The van der Waals surface area contributed by atoms with Crippen LogP contribution in [0, 0.1) is 6.92 Å². The van der Waals surface area contributed by atoms with Crippen LogP contribution < -0.4 is 11.2 Å². The molecule has 4 atom stereocenters. The molecule has 160 valence electrons. The smallest absolute Gasteiger partial charge is 0.330 e. The highest BCUT2D eigenvalue weighted by Crippen LogP contribution is 2.54. The van der Waals surface area contributed by atoms with Gasteiger partial charge < -0.3 is 19.7 Å². The van der Waals surface area contributed by atoms with Crippen molar-refractivity contribution < 1.29 is 19.7 Å². The van der Waals surface area contributed by atoms with Gasteiger partial charge in [-0.25, -0.2) is 4.79 Å². The molecule has 0 aliphatic carbocycles. The predicted molar refractivity (Wildman–Crippen MR) is 111 cm³/mol. The predicted octanol–water partition coefficient (Wildman–Crippen LogP) is 1.19. The van der Waals surface area contributed by atoms with E-state index >= 15 is 0 Å². The summed E-state index contributed by atoms with van der Waals surface area (Å²) in [6, 6.07) is 14.9. The van der Waals surface area contributed by atoms with Crippen molar-refractivity contribution in [3.8, 4) is 11.1 Å². The van der Waals surface area contributed by atoms with Crippen LogP contribution in [-0.4, -0.2) is 38.6 Å². The summed E-state index contributed by atoms with van der Waals surface area (Å²) in [7, 11) is 0. The fraction of sp³-hybridized carbons (Fsp3) is 0.304. The van der Waals surface area contributed by atoms with Crippen LogP contribution in [0.4, 0.5) is 0 Å². The number of aromatic amines is 1. The molecule has 31 heavy (non-hydrogen) atoms. The Hall–Kier alpha value is -3.04. The van der Waals surface area contributed by atoms with Crippen molar-refractivity contribution in [1.82, 2.24) is 9.55 Å². The summed E-state index contributed by atoms with van der Waals surface area (Å²) >= 11 is 0. The van der Waals surface area contributed by atoms with E-state index in [4.69, 9.17) is 9.47 Å². The lowest BCUT2D eigenvalue weighted by atomic mass is 9.79. The van der Waals surface area contributed by atoms with E-state index in [2.05, 4.69) is 4.98 Å². The molecule has 3 N–H and O–H groups in total. The molecular formula is C23H22N2O6. The number of aryl methyl sites for hydroxylation is 1. The molecule has 0 radical (unpaired) electrons. The molecule has 3 heterocycles. The Morgan fingerprint density at radius 2 is 1.97 bits per heavy atom. The van der Waals surface area contributed by atoms with Crippen LogP contribution in [0.3, 0.4) is 0 Å². The Kier molecular flexibility index (Phi) is 4.67. The third-order valence-corrected chi connectivity index (χ3v) is 6.09. The monoisotopic (exact) mass is 422 g/mol. The van der Waals surface area contributed by atoms with E-state index in [9.17, 15) is 19.8 Å². The summed E-state index contributed by atoms with van der Waals surface area (Å²) in [5.41, 5.74) is 1.88. The van der Waals surface area contributed by atoms with Crippen molar-refractivity contribution in [1.29, 1.82) is 0 Å². The van der Waals surface area contributed by atoms with Gasteiger partial charge in [0.25, 0.3) is 5.56 Å². The molecule has 8 nitrogen and oxygen atoms in total. The summed E-state index contributed by atoms with van der Waals surface area (Å²) < 4.78 is 13.3. The number of nitrogens with zero attached hydrogens (tertiary/aromatic N) is 1. The zero-order chi connectivity index (χ0) is 21.8. The van der Waals surface area contributed by atoms with Crippen LogP contribution in [0.2, 0.25) is 0 Å². The Morgan fingerprint density at radius 3 is 2.68 bits per heavy atom. The number of nitrogens with one attached hydrogen (secondary N) is 1. The molecule has 0 unspecified atom stereocenters. The van der Waals surface area contributed by atoms with Gasteiger partial charge in [0.1, 0.15) is 12.2 Å². The minimum absolute atomic E-state index is 0.237. The van der Waals surface area contributed by atoms with Crippen LogP contribution in [0.15, 0.2) is 64.3 Å². The Balaban J connectivity index is 1.71. The van der Waals surface area contributed by atoms with Gasteiger partial charge in [0.05, 0.1) is 13.2 Å². The molecule has 5 rings (SSSR count). The number of aliphatic hydroxyl groups is 2. The fourth-order valence-electron chi connectivity index (χ4n) is 4.81. The van der Waals surface area contributed by atoms with E-state index in [-0.39, 0.29) is 6.61 Å². The first kappa shape index (κ1) is 19.9. The third kappa shape index (κ3) is 2.91. The fourth-order valence-corrected chi connectivity index (χ4v) is 4.81. The molecule has 3 aromatic rings. The molecule has 0 bridgehead atoms. The maximum atomic E-state index is 12.4. The van der Waals surface area contributed by atoms with Crippen molar-refractivity contribution in [2.24, 2.45) is 0 Å².